The van der Waals surface area contributed by atoms with Crippen molar-refractivity contribution in [3.05, 3.63) is 70.8 Å². The third-order valence-corrected chi connectivity index (χ3v) is 4.92. The number of carbonyl (C=O) groups excluding carboxylic acids is 1. The summed E-state index contributed by atoms with van der Waals surface area (Å²) in [5.41, 5.74) is -2.97. The van der Waals surface area contributed by atoms with E-state index in [0.29, 0.717) is 0 Å². The van der Waals surface area contributed by atoms with Crippen LogP contribution in [0.1, 0.15) is 29.5 Å². The van der Waals surface area contributed by atoms with Crippen molar-refractivity contribution in [2.75, 3.05) is 7.05 Å². The van der Waals surface area contributed by atoms with Gasteiger partial charge < -0.3 is 5.32 Å². The number of rotatable bonds is 2. The topological polar surface area (TPSA) is 56.2 Å². The molecule has 28 heavy (non-hydrogen) atoms. The molecule has 1 fully saturated rings. The number of guanidine groups is 1. The molecule has 1 aliphatic rings. The number of nitrogens with zero attached hydrogens (tertiary/aromatic N) is 1. The Kier molecular flexibility index (Phi) is 4.64. The molecular weight excluding hydrogens is 381 g/mol. The Morgan fingerprint density at radius 3 is 2.11 bits per heavy atom. The molecule has 0 bridgehead atoms. The van der Waals surface area contributed by atoms with Gasteiger partial charge in [-0.25, -0.2) is 8.78 Å². The molecule has 0 aliphatic carbocycles. The summed E-state index contributed by atoms with van der Waals surface area (Å²) in [5.74, 6) is -4.18. The van der Waals surface area contributed by atoms with E-state index in [9.17, 15) is 26.7 Å². The third kappa shape index (κ3) is 3.10. The quantitative estimate of drug-likeness (QED) is 0.754. The fourth-order valence-corrected chi connectivity index (χ4v) is 3.49. The first-order chi connectivity index (χ1) is 13.0. The highest BCUT2D eigenvalue weighted by Crippen LogP contribution is 2.43. The maximum absolute atomic E-state index is 14.5. The molecular formula is C19H16F5N3O. The zero-order valence-corrected chi connectivity index (χ0v) is 14.9. The molecule has 0 spiro atoms. The monoisotopic (exact) mass is 397 g/mol. The first-order valence-corrected chi connectivity index (χ1v) is 8.22. The van der Waals surface area contributed by atoms with E-state index in [1.54, 1.807) is 0 Å². The average Bonchev–Trinajstić information content (AvgIpc) is 2.59. The van der Waals surface area contributed by atoms with E-state index in [0.717, 1.165) is 47.4 Å². The van der Waals surface area contributed by atoms with E-state index >= 15 is 0 Å². The maximum atomic E-state index is 14.5. The van der Waals surface area contributed by atoms with Gasteiger partial charge in [-0.05, 0) is 36.8 Å². The van der Waals surface area contributed by atoms with Crippen LogP contribution < -0.4 is 5.32 Å². The van der Waals surface area contributed by atoms with E-state index in [1.807, 2.05) is 0 Å². The lowest BCUT2D eigenvalue weighted by Crippen LogP contribution is -2.63. The summed E-state index contributed by atoms with van der Waals surface area (Å²) < 4.78 is 67.6. The third-order valence-electron chi connectivity index (χ3n) is 4.92. The average molecular weight is 397 g/mol. The van der Waals surface area contributed by atoms with Gasteiger partial charge >= 0.3 is 6.18 Å². The molecule has 1 amide bonds. The van der Waals surface area contributed by atoms with Crippen molar-refractivity contribution < 1.29 is 26.7 Å². The Labute approximate surface area is 157 Å². The van der Waals surface area contributed by atoms with Crippen LogP contribution in [0.4, 0.5) is 22.0 Å². The Hall–Kier alpha value is -2.97. The predicted octanol–water partition coefficient (Wildman–Crippen LogP) is 3.98. The van der Waals surface area contributed by atoms with Crippen LogP contribution in [0, 0.1) is 17.0 Å². The van der Waals surface area contributed by atoms with Crippen molar-refractivity contribution in [2.24, 2.45) is 0 Å². The van der Waals surface area contributed by atoms with Crippen molar-refractivity contribution in [3.8, 4) is 0 Å². The minimum Gasteiger partial charge on any atom is -0.345 e. The predicted molar refractivity (Wildman–Crippen MR) is 91.5 cm³/mol. The van der Waals surface area contributed by atoms with Crippen LogP contribution in [0.15, 0.2) is 42.5 Å². The van der Waals surface area contributed by atoms with Gasteiger partial charge in [0, 0.05) is 12.6 Å². The van der Waals surface area contributed by atoms with Crippen LogP contribution in [0.2, 0.25) is 0 Å². The minimum absolute atomic E-state index is 0.134. The summed E-state index contributed by atoms with van der Waals surface area (Å²) in [6.45, 7) is 1.34. The summed E-state index contributed by atoms with van der Waals surface area (Å²) in [6, 6.07) is 7.01. The second-order valence-electron chi connectivity index (χ2n) is 6.72. The maximum Gasteiger partial charge on any atom is 0.416 e. The number of hydrogen-bond donors (Lipinski definition) is 2. The summed E-state index contributed by atoms with van der Waals surface area (Å²) in [5, 5.41) is 10.6. The Morgan fingerprint density at radius 2 is 1.61 bits per heavy atom. The van der Waals surface area contributed by atoms with Crippen LogP contribution in [-0.2, 0) is 16.5 Å². The Balaban J connectivity index is 2.19. The smallest absolute Gasteiger partial charge is 0.345 e. The van der Waals surface area contributed by atoms with Gasteiger partial charge in [-0.2, -0.15) is 13.2 Å². The van der Waals surface area contributed by atoms with Crippen molar-refractivity contribution in [1.82, 2.24) is 10.2 Å². The number of amides is 1. The number of nitrogens with one attached hydrogen (secondary N) is 2. The van der Waals surface area contributed by atoms with Gasteiger partial charge in [0.1, 0.15) is 11.6 Å². The summed E-state index contributed by atoms with van der Waals surface area (Å²) >= 11 is 0. The van der Waals surface area contributed by atoms with Gasteiger partial charge in [-0.1, -0.05) is 18.2 Å². The van der Waals surface area contributed by atoms with Crippen molar-refractivity contribution >= 4 is 11.9 Å². The molecule has 0 aromatic heterocycles. The van der Waals surface area contributed by atoms with Crippen LogP contribution in [0.5, 0.6) is 0 Å². The molecule has 1 saturated heterocycles. The second kappa shape index (κ2) is 6.57. The van der Waals surface area contributed by atoms with E-state index in [-0.39, 0.29) is 11.5 Å². The molecule has 2 aromatic carbocycles. The van der Waals surface area contributed by atoms with E-state index in [1.165, 1.54) is 14.0 Å². The van der Waals surface area contributed by atoms with E-state index < -0.39 is 46.3 Å². The molecule has 2 atom stereocenters. The molecule has 1 aliphatic heterocycles. The zero-order valence-electron chi connectivity index (χ0n) is 14.9. The number of carbonyl (C=O) groups is 1. The van der Waals surface area contributed by atoms with Gasteiger partial charge in [0.25, 0.3) is 0 Å². The summed E-state index contributed by atoms with van der Waals surface area (Å²) in [6.07, 6.45) is -4.56. The van der Waals surface area contributed by atoms with E-state index in [2.05, 4.69) is 5.32 Å². The van der Waals surface area contributed by atoms with Gasteiger partial charge in [0.15, 0.2) is 5.96 Å². The zero-order chi connectivity index (χ0) is 20.9. The standard InChI is InChI=1S/C19H16F5N3O/c1-18(15-12(20)4-3-5-13(15)21)14(16(28)27(2)17(25)26-18)10-6-8-11(9-7-10)19(22,23)24/h3-9,14H,1-2H3,(H2,25,26)/t14-,18-/m0/s1. The lowest BCUT2D eigenvalue weighted by molar-refractivity contribution is -0.137. The molecule has 0 unspecified atom stereocenters. The second-order valence-corrected chi connectivity index (χ2v) is 6.72. The van der Waals surface area contributed by atoms with Gasteiger partial charge in [-0.15, -0.1) is 0 Å². The molecule has 9 heteroatoms. The Morgan fingerprint density at radius 1 is 1.07 bits per heavy atom. The highest BCUT2D eigenvalue weighted by Gasteiger charge is 2.50. The number of benzene rings is 2. The summed E-state index contributed by atoms with van der Waals surface area (Å²) in [7, 11) is 1.30. The molecule has 0 radical (unpaired) electrons. The van der Waals surface area contributed by atoms with Gasteiger partial charge in [0.05, 0.1) is 17.0 Å². The molecule has 4 nitrogen and oxygen atoms in total. The van der Waals surface area contributed by atoms with Gasteiger partial charge in [-0.3, -0.25) is 15.1 Å². The van der Waals surface area contributed by atoms with Crippen LogP contribution in [-0.4, -0.2) is 23.8 Å². The fourth-order valence-electron chi connectivity index (χ4n) is 3.49. The molecule has 2 N–H and O–H groups in total. The Bertz CT molecular complexity index is 921. The van der Waals surface area contributed by atoms with Crippen LogP contribution >= 0.6 is 0 Å². The highest BCUT2D eigenvalue weighted by molar-refractivity contribution is 6.02. The lowest BCUT2D eigenvalue weighted by Gasteiger charge is -2.46. The highest BCUT2D eigenvalue weighted by atomic mass is 19.4. The number of hydrogen-bond acceptors (Lipinski definition) is 2. The van der Waals surface area contributed by atoms with Crippen LogP contribution in [0.3, 0.4) is 0 Å². The van der Waals surface area contributed by atoms with Crippen LogP contribution in [0.25, 0.3) is 0 Å². The lowest BCUT2D eigenvalue weighted by atomic mass is 9.73. The number of likely N-dealkylation sites (N-methyl/N-ethyl adjacent to an activating group) is 1. The molecule has 148 valence electrons. The normalized spacial score (nSPS) is 23.0. The first kappa shape index (κ1) is 19.8. The number of halogens is 5. The fraction of sp³-hybridized carbons (Fsp3) is 0.263. The molecule has 3 rings (SSSR count). The summed E-state index contributed by atoms with van der Waals surface area (Å²) in [4.78, 5) is 13.9. The SMILES string of the molecule is CN1C(=N)N[C@](C)(c2c(F)cccc2F)[C@@H](c2ccc(C(F)(F)F)cc2)C1=O. The van der Waals surface area contributed by atoms with Crippen molar-refractivity contribution in [1.29, 1.82) is 5.41 Å². The van der Waals surface area contributed by atoms with E-state index in [4.69, 9.17) is 5.41 Å². The van der Waals surface area contributed by atoms with Gasteiger partial charge in [0.2, 0.25) is 5.91 Å². The molecule has 2 aromatic rings. The minimum atomic E-state index is -4.56. The molecule has 1 heterocycles. The largest absolute Gasteiger partial charge is 0.416 e. The first-order valence-electron chi connectivity index (χ1n) is 8.22. The molecule has 0 saturated carbocycles. The van der Waals surface area contributed by atoms with Crippen molar-refractivity contribution in [2.45, 2.75) is 24.6 Å². The van der Waals surface area contributed by atoms with Crippen molar-refractivity contribution in [3.63, 3.8) is 0 Å². The number of alkyl halides is 3.